The molecule has 1 aromatic heterocycles. The number of hydrogen-bond donors (Lipinski definition) is 2. The number of nitrogens with one attached hydrogen (secondary N) is 1. The van der Waals surface area contributed by atoms with Gasteiger partial charge in [-0.25, -0.2) is 4.98 Å². The summed E-state index contributed by atoms with van der Waals surface area (Å²) in [4.78, 5) is 5.56. The largest absolute Gasteiger partial charge is 0.389 e. The molecule has 4 heteroatoms. The summed E-state index contributed by atoms with van der Waals surface area (Å²) in [6, 6.07) is 0. The van der Waals surface area contributed by atoms with Gasteiger partial charge in [-0.15, -0.1) is 11.3 Å². The summed E-state index contributed by atoms with van der Waals surface area (Å²) in [6.45, 7) is 3.67. The number of nitrogens with zero attached hydrogens (tertiary/aromatic N) is 1. The average Bonchev–Trinajstić information content (AvgIpc) is 2.63. The van der Waals surface area contributed by atoms with Crippen molar-refractivity contribution in [1.29, 1.82) is 0 Å². The van der Waals surface area contributed by atoms with Gasteiger partial charge in [0.15, 0.2) is 0 Å². The maximum atomic E-state index is 9.86. The number of aryl methyl sites for hydroxylation is 1. The molecule has 84 valence electrons. The van der Waals surface area contributed by atoms with E-state index in [-0.39, 0.29) is 0 Å². The second-order valence-corrected chi connectivity index (χ2v) is 5.46. The molecule has 1 heterocycles. The molecule has 0 spiro atoms. The lowest BCUT2D eigenvalue weighted by atomic mass is 9.80. The van der Waals surface area contributed by atoms with E-state index in [0.717, 1.165) is 25.8 Å². The molecule has 15 heavy (non-hydrogen) atoms. The van der Waals surface area contributed by atoms with Crippen LogP contribution in [0, 0.1) is 0 Å². The van der Waals surface area contributed by atoms with Crippen molar-refractivity contribution in [2.24, 2.45) is 0 Å². The Labute approximate surface area is 94.5 Å². The van der Waals surface area contributed by atoms with Gasteiger partial charge >= 0.3 is 0 Å². The first-order valence-corrected chi connectivity index (χ1v) is 6.40. The second-order valence-electron chi connectivity index (χ2n) is 4.26. The molecule has 2 N–H and O–H groups in total. The Kier molecular flexibility index (Phi) is 3.38. The molecule has 2 rings (SSSR count). The molecule has 1 aromatic rings. The summed E-state index contributed by atoms with van der Waals surface area (Å²) < 4.78 is 0. The molecule has 0 saturated heterocycles. The third-order valence-electron chi connectivity index (χ3n) is 2.94. The first-order chi connectivity index (χ1) is 7.22. The van der Waals surface area contributed by atoms with Gasteiger partial charge in [0.25, 0.3) is 0 Å². The minimum Gasteiger partial charge on any atom is -0.389 e. The van der Waals surface area contributed by atoms with Gasteiger partial charge in [-0.05, 0) is 25.7 Å². The van der Waals surface area contributed by atoms with Gasteiger partial charge in [0.05, 0.1) is 10.6 Å². The van der Waals surface area contributed by atoms with E-state index in [2.05, 4.69) is 17.2 Å². The van der Waals surface area contributed by atoms with Crippen LogP contribution in [-0.4, -0.2) is 22.2 Å². The van der Waals surface area contributed by atoms with Crippen LogP contribution in [0.25, 0.3) is 0 Å². The summed E-state index contributed by atoms with van der Waals surface area (Å²) in [7, 11) is 0. The monoisotopic (exact) mass is 226 g/mol. The molecule has 0 bridgehead atoms. The molecule has 1 aliphatic carbocycles. The molecule has 0 unspecified atom stereocenters. The van der Waals surface area contributed by atoms with Gasteiger partial charge < -0.3 is 10.4 Å². The molecule has 0 atom stereocenters. The SMILES string of the molecule is CCc1ncc(CNCC2(O)CCC2)s1. The van der Waals surface area contributed by atoms with Crippen molar-refractivity contribution in [3.8, 4) is 0 Å². The number of hydrogen-bond acceptors (Lipinski definition) is 4. The van der Waals surface area contributed by atoms with E-state index in [1.807, 2.05) is 6.20 Å². The highest BCUT2D eigenvalue weighted by atomic mass is 32.1. The predicted molar refractivity (Wildman–Crippen MR) is 62.0 cm³/mol. The molecule has 1 saturated carbocycles. The van der Waals surface area contributed by atoms with Crippen LogP contribution in [0.4, 0.5) is 0 Å². The van der Waals surface area contributed by atoms with Gasteiger partial charge in [-0.3, -0.25) is 0 Å². The summed E-state index contributed by atoms with van der Waals surface area (Å²) in [6.07, 6.45) is 6.00. The van der Waals surface area contributed by atoms with Crippen LogP contribution in [-0.2, 0) is 13.0 Å². The van der Waals surface area contributed by atoms with Crippen LogP contribution in [0.3, 0.4) is 0 Å². The zero-order valence-electron chi connectivity index (χ0n) is 9.12. The van der Waals surface area contributed by atoms with E-state index in [9.17, 15) is 5.11 Å². The fraction of sp³-hybridized carbons (Fsp3) is 0.727. The highest BCUT2D eigenvalue weighted by molar-refractivity contribution is 7.11. The number of thiazole rings is 1. The van der Waals surface area contributed by atoms with Gasteiger partial charge in [-0.2, -0.15) is 0 Å². The maximum absolute atomic E-state index is 9.86. The number of aromatic nitrogens is 1. The molecule has 0 radical (unpaired) electrons. The van der Waals surface area contributed by atoms with Crippen molar-refractivity contribution in [3.05, 3.63) is 16.1 Å². The van der Waals surface area contributed by atoms with E-state index in [1.54, 1.807) is 11.3 Å². The third kappa shape index (κ3) is 2.77. The first kappa shape index (κ1) is 11.0. The van der Waals surface area contributed by atoms with Gasteiger partial charge in [0.2, 0.25) is 0 Å². The Bertz CT molecular complexity index is 320. The summed E-state index contributed by atoms with van der Waals surface area (Å²) in [5.41, 5.74) is -0.418. The lowest BCUT2D eigenvalue weighted by Crippen LogP contribution is -2.45. The lowest BCUT2D eigenvalue weighted by Gasteiger charge is -2.36. The molecule has 1 fully saturated rings. The Hall–Kier alpha value is -0.450. The molecular weight excluding hydrogens is 208 g/mol. The standard InChI is InChI=1S/C11H18N2OS/c1-2-10-13-7-9(15-10)6-12-8-11(14)4-3-5-11/h7,12,14H,2-6,8H2,1H3. The minimum atomic E-state index is -0.418. The van der Waals surface area contributed by atoms with Gasteiger partial charge in [0, 0.05) is 24.2 Å². The van der Waals surface area contributed by atoms with E-state index < -0.39 is 5.60 Å². The Morgan fingerprint density at radius 1 is 1.60 bits per heavy atom. The second kappa shape index (κ2) is 4.60. The Morgan fingerprint density at radius 2 is 2.40 bits per heavy atom. The van der Waals surface area contributed by atoms with E-state index in [4.69, 9.17) is 0 Å². The van der Waals surface area contributed by atoms with Crippen molar-refractivity contribution < 1.29 is 5.11 Å². The molecule has 0 amide bonds. The molecule has 3 nitrogen and oxygen atoms in total. The van der Waals surface area contributed by atoms with Gasteiger partial charge in [-0.1, -0.05) is 6.92 Å². The summed E-state index contributed by atoms with van der Waals surface area (Å²) >= 11 is 1.75. The smallest absolute Gasteiger partial charge is 0.0925 e. The van der Waals surface area contributed by atoms with E-state index in [1.165, 1.54) is 16.3 Å². The Balaban J connectivity index is 1.73. The van der Waals surface area contributed by atoms with Crippen molar-refractivity contribution >= 4 is 11.3 Å². The number of aliphatic hydroxyl groups is 1. The highest BCUT2D eigenvalue weighted by Gasteiger charge is 2.33. The fourth-order valence-corrected chi connectivity index (χ4v) is 2.61. The third-order valence-corrected chi connectivity index (χ3v) is 4.08. The topological polar surface area (TPSA) is 45.2 Å². The van der Waals surface area contributed by atoms with Crippen LogP contribution in [0.2, 0.25) is 0 Å². The highest BCUT2D eigenvalue weighted by Crippen LogP contribution is 2.30. The molecule has 1 aliphatic rings. The van der Waals surface area contributed by atoms with Crippen molar-refractivity contribution in [3.63, 3.8) is 0 Å². The molecular formula is C11H18N2OS. The van der Waals surface area contributed by atoms with E-state index >= 15 is 0 Å². The van der Waals surface area contributed by atoms with E-state index in [0.29, 0.717) is 6.54 Å². The minimum absolute atomic E-state index is 0.418. The van der Waals surface area contributed by atoms with Gasteiger partial charge in [0.1, 0.15) is 0 Å². The normalized spacial score (nSPS) is 18.8. The van der Waals surface area contributed by atoms with Crippen LogP contribution >= 0.6 is 11.3 Å². The first-order valence-electron chi connectivity index (χ1n) is 5.58. The quantitative estimate of drug-likeness (QED) is 0.803. The van der Waals surface area contributed by atoms with Crippen molar-refractivity contribution in [2.45, 2.75) is 44.8 Å². The summed E-state index contributed by atoms with van der Waals surface area (Å²) in [5, 5.41) is 14.4. The Morgan fingerprint density at radius 3 is 2.93 bits per heavy atom. The van der Waals surface area contributed by atoms with Crippen molar-refractivity contribution in [2.75, 3.05) is 6.54 Å². The fourth-order valence-electron chi connectivity index (χ4n) is 1.77. The van der Waals surface area contributed by atoms with Crippen LogP contribution in [0.1, 0.15) is 36.1 Å². The lowest BCUT2D eigenvalue weighted by molar-refractivity contribution is -0.0314. The molecule has 0 aliphatic heterocycles. The van der Waals surface area contributed by atoms with Crippen LogP contribution in [0.15, 0.2) is 6.20 Å². The zero-order valence-corrected chi connectivity index (χ0v) is 9.94. The van der Waals surface area contributed by atoms with Crippen LogP contribution < -0.4 is 5.32 Å². The van der Waals surface area contributed by atoms with Crippen LogP contribution in [0.5, 0.6) is 0 Å². The average molecular weight is 226 g/mol. The molecule has 0 aromatic carbocycles. The number of rotatable bonds is 5. The van der Waals surface area contributed by atoms with Crippen molar-refractivity contribution in [1.82, 2.24) is 10.3 Å². The zero-order chi connectivity index (χ0) is 10.7. The summed E-state index contributed by atoms with van der Waals surface area (Å²) in [5.74, 6) is 0. The predicted octanol–water partition coefficient (Wildman–Crippen LogP) is 1.71. The maximum Gasteiger partial charge on any atom is 0.0925 e.